The fourth-order valence-corrected chi connectivity index (χ4v) is 1.73. The van der Waals surface area contributed by atoms with Crippen molar-refractivity contribution in [2.24, 2.45) is 0 Å². The highest BCUT2D eigenvalue weighted by Crippen LogP contribution is 2.29. The Morgan fingerprint density at radius 3 is 2.52 bits per heavy atom. The van der Waals surface area contributed by atoms with Gasteiger partial charge in [-0.05, 0) is 18.6 Å². The van der Waals surface area contributed by atoms with Gasteiger partial charge in [0.25, 0.3) is 0 Å². The predicted octanol–water partition coefficient (Wildman–Crippen LogP) is 3.15. The van der Waals surface area contributed by atoms with E-state index in [9.17, 15) is 18.9 Å². The van der Waals surface area contributed by atoms with Gasteiger partial charge in [0, 0.05) is 18.2 Å². The highest BCUT2D eigenvalue weighted by molar-refractivity contribution is 5.70. The Bertz CT molecular complexity index is 659. The van der Waals surface area contributed by atoms with E-state index in [0.717, 1.165) is 24.8 Å². The molecule has 2 aromatic rings. The minimum absolute atomic E-state index is 0.0128. The number of nitrogens with one attached hydrogen (secondary N) is 1. The molecule has 0 bridgehead atoms. The molecule has 0 unspecified atom stereocenters. The van der Waals surface area contributed by atoms with Gasteiger partial charge in [-0.15, -0.1) is 0 Å². The largest absolute Gasteiger partial charge is 0.354 e. The quantitative estimate of drug-likeness (QED) is 0.676. The van der Waals surface area contributed by atoms with Crippen molar-refractivity contribution >= 4 is 11.6 Å². The molecule has 0 spiro atoms. The SMILES string of the molecule is CCCNc1ncc([N+](=O)[O-])c(-c2cc(F)cc(F)c2)n1. The van der Waals surface area contributed by atoms with Gasteiger partial charge in [-0.3, -0.25) is 10.1 Å². The molecule has 1 aromatic carbocycles. The van der Waals surface area contributed by atoms with E-state index in [1.165, 1.54) is 0 Å². The number of nitrogens with zero attached hydrogens (tertiary/aromatic N) is 3. The Morgan fingerprint density at radius 2 is 1.95 bits per heavy atom. The molecule has 6 nitrogen and oxygen atoms in total. The first-order valence-electron chi connectivity index (χ1n) is 6.23. The summed E-state index contributed by atoms with van der Waals surface area (Å²) in [5.74, 6) is -1.50. The maximum atomic E-state index is 13.3. The minimum atomic E-state index is -0.832. The van der Waals surface area contributed by atoms with Crippen LogP contribution in [0.2, 0.25) is 0 Å². The van der Waals surface area contributed by atoms with Crippen molar-refractivity contribution in [3.63, 3.8) is 0 Å². The van der Waals surface area contributed by atoms with Crippen molar-refractivity contribution in [3.05, 3.63) is 46.1 Å². The molecule has 0 aliphatic heterocycles. The molecule has 0 aliphatic rings. The molecule has 0 saturated carbocycles. The van der Waals surface area contributed by atoms with Crippen molar-refractivity contribution in [1.82, 2.24) is 9.97 Å². The molecule has 110 valence electrons. The highest BCUT2D eigenvalue weighted by Gasteiger charge is 2.20. The molecule has 1 heterocycles. The predicted molar refractivity (Wildman–Crippen MR) is 72.8 cm³/mol. The average molecular weight is 294 g/mol. The van der Waals surface area contributed by atoms with Gasteiger partial charge in [-0.2, -0.15) is 0 Å². The summed E-state index contributed by atoms with van der Waals surface area (Å²) in [5.41, 5.74) is -0.560. The number of nitro groups is 1. The molecular formula is C13H12F2N4O2. The van der Waals surface area contributed by atoms with Gasteiger partial charge < -0.3 is 5.32 Å². The molecule has 0 fully saturated rings. The van der Waals surface area contributed by atoms with Crippen molar-refractivity contribution in [2.45, 2.75) is 13.3 Å². The lowest BCUT2D eigenvalue weighted by Crippen LogP contribution is -2.06. The lowest BCUT2D eigenvalue weighted by molar-refractivity contribution is -0.384. The number of benzene rings is 1. The van der Waals surface area contributed by atoms with Crippen molar-refractivity contribution < 1.29 is 13.7 Å². The van der Waals surface area contributed by atoms with Crippen LogP contribution in [0.15, 0.2) is 24.4 Å². The molecule has 21 heavy (non-hydrogen) atoms. The van der Waals surface area contributed by atoms with Crippen LogP contribution in [0.3, 0.4) is 0 Å². The van der Waals surface area contributed by atoms with Gasteiger partial charge in [0.1, 0.15) is 17.8 Å². The van der Waals surface area contributed by atoms with E-state index >= 15 is 0 Å². The third-order valence-electron chi connectivity index (χ3n) is 2.64. The van der Waals surface area contributed by atoms with Crippen LogP contribution >= 0.6 is 0 Å². The minimum Gasteiger partial charge on any atom is -0.354 e. The van der Waals surface area contributed by atoms with Crippen LogP contribution < -0.4 is 5.32 Å². The molecule has 2 rings (SSSR count). The Hall–Kier alpha value is -2.64. The number of hydrogen-bond donors (Lipinski definition) is 1. The third-order valence-corrected chi connectivity index (χ3v) is 2.64. The molecule has 0 amide bonds. The number of anilines is 1. The lowest BCUT2D eigenvalue weighted by atomic mass is 10.1. The molecule has 0 radical (unpaired) electrons. The summed E-state index contributed by atoms with van der Waals surface area (Å²) in [5, 5.41) is 13.9. The summed E-state index contributed by atoms with van der Waals surface area (Å²) in [4.78, 5) is 18.1. The standard InChI is InChI=1S/C13H12F2N4O2/c1-2-3-16-13-17-7-11(19(20)21)12(18-13)8-4-9(14)6-10(15)5-8/h4-7H,2-3H2,1H3,(H,16,17,18). The van der Waals surface area contributed by atoms with Gasteiger partial charge in [-0.25, -0.2) is 18.7 Å². The van der Waals surface area contributed by atoms with Gasteiger partial charge >= 0.3 is 5.69 Å². The molecular weight excluding hydrogens is 282 g/mol. The van der Waals surface area contributed by atoms with E-state index in [-0.39, 0.29) is 17.2 Å². The first kappa shape index (κ1) is 14.8. The Labute approximate surface area is 119 Å². The van der Waals surface area contributed by atoms with Crippen LogP contribution in [0, 0.1) is 21.7 Å². The van der Waals surface area contributed by atoms with Crippen molar-refractivity contribution in [3.8, 4) is 11.3 Å². The second-order valence-electron chi connectivity index (χ2n) is 4.27. The van der Waals surface area contributed by atoms with Crippen LogP contribution in [-0.2, 0) is 0 Å². The zero-order valence-electron chi connectivity index (χ0n) is 11.1. The Kier molecular flexibility index (Phi) is 4.36. The van der Waals surface area contributed by atoms with E-state index in [1.54, 1.807) is 0 Å². The van der Waals surface area contributed by atoms with Gasteiger partial charge in [0.05, 0.1) is 4.92 Å². The fraction of sp³-hybridized carbons (Fsp3) is 0.231. The van der Waals surface area contributed by atoms with Crippen LogP contribution in [0.1, 0.15) is 13.3 Å². The molecule has 1 aromatic heterocycles. The number of halogens is 2. The second kappa shape index (κ2) is 6.21. The summed E-state index contributed by atoms with van der Waals surface area (Å²) < 4.78 is 26.6. The van der Waals surface area contributed by atoms with Crippen LogP contribution in [-0.4, -0.2) is 21.4 Å². The molecule has 0 atom stereocenters. The molecule has 1 N–H and O–H groups in total. The monoisotopic (exact) mass is 294 g/mol. The highest BCUT2D eigenvalue weighted by atomic mass is 19.1. The Balaban J connectivity index is 2.54. The number of rotatable bonds is 5. The van der Waals surface area contributed by atoms with E-state index < -0.39 is 22.2 Å². The maximum Gasteiger partial charge on any atom is 0.313 e. The van der Waals surface area contributed by atoms with E-state index in [1.807, 2.05) is 6.92 Å². The first-order valence-corrected chi connectivity index (χ1v) is 6.23. The summed E-state index contributed by atoms with van der Waals surface area (Å²) >= 11 is 0. The number of hydrogen-bond acceptors (Lipinski definition) is 5. The van der Waals surface area contributed by atoms with Gasteiger partial charge in [-0.1, -0.05) is 6.92 Å². The van der Waals surface area contributed by atoms with Crippen molar-refractivity contribution in [1.29, 1.82) is 0 Å². The Morgan fingerprint density at radius 1 is 1.29 bits per heavy atom. The average Bonchev–Trinajstić information content (AvgIpc) is 2.43. The second-order valence-corrected chi connectivity index (χ2v) is 4.27. The zero-order valence-corrected chi connectivity index (χ0v) is 11.1. The van der Waals surface area contributed by atoms with E-state index in [4.69, 9.17) is 0 Å². The van der Waals surface area contributed by atoms with E-state index in [2.05, 4.69) is 15.3 Å². The maximum absolute atomic E-state index is 13.3. The van der Waals surface area contributed by atoms with E-state index in [0.29, 0.717) is 12.6 Å². The summed E-state index contributed by atoms with van der Waals surface area (Å²) in [7, 11) is 0. The smallest absolute Gasteiger partial charge is 0.313 e. The number of aromatic nitrogens is 2. The van der Waals surface area contributed by atoms with Crippen molar-refractivity contribution in [2.75, 3.05) is 11.9 Å². The summed E-state index contributed by atoms with van der Waals surface area (Å²) in [6.45, 7) is 2.51. The zero-order chi connectivity index (χ0) is 15.4. The van der Waals surface area contributed by atoms with Crippen LogP contribution in [0.5, 0.6) is 0 Å². The normalized spacial score (nSPS) is 10.4. The van der Waals surface area contributed by atoms with Crippen LogP contribution in [0.25, 0.3) is 11.3 Å². The summed E-state index contributed by atoms with van der Waals surface area (Å²) in [6.07, 6.45) is 1.83. The first-order chi connectivity index (χ1) is 10.0. The van der Waals surface area contributed by atoms with Gasteiger partial charge in [0.15, 0.2) is 5.69 Å². The summed E-state index contributed by atoms with van der Waals surface area (Å²) in [6, 6.07) is 2.66. The fourth-order valence-electron chi connectivity index (χ4n) is 1.73. The molecule has 0 aliphatic carbocycles. The lowest BCUT2D eigenvalue weighted by Gasteiger charge is -2.07. The van der Waals surface area contributed by atoms with Crippen LogP contribution in [0.4, 0.5) is 20.4 Å². The molecule has 0 saturated heterocycles. The van der Waals surface area contributed by atoms with Gasteiger partial charge in [0.2, 0.25) is 5.95 Å². The third kappa shape index (κ3) is 3.47. The molecule has 8 heteroatoms. The topological polar surface area (TPSA) is 81.0 Å².